The molecule has 1 unspecified atom stereocenters. The zero-order valence-corrected chi connectivity index (χ0v) is 13.1. The van der Waals surface area contributed by atoms with Crippen LogP contribution in [-0.4, -0.2) is 60.1 Å². The number of nitrogens with zero attached hydrogens (tertiary/aromatic N) is 2. The van der Waals surface area contributed by atoms with Gasteiger partial charge in [-0.05, 0) is 18.9 Å². The number of rotatable bonds is 5. The summed E-state index contributed by atoms with van der Waals surface area (Å²) < 4.78 is 0. The lowest BCUT2D eigenvalue weighted by atomic mass is 9.98. The van der Waals surface area contributed by atoms with Gasteiger partial charge in [0.2, 0.25) is 5.91 Å². The molecule has 2 rings (SSSR count). The van der Waals surface area contributed by atoms with E-state index in [0.717, 1.165) is 32.6 Å². The Morgan fingerprint density at radius 3 is 2.38 bits per heavy atom. The minimum Gasteiger partial charge on any atom is -0.395 e. The van der Waals surface area contributed by atoms with Crippen LogP contribution in [0.4, 0.5) is 0 Å². The van der Waals surface area contributed by atoms with Crippen LogP contribution in [0.15, 0.2) is 24.3 Å². The highest BCUT2D eigenvalue weighted by atomic mass is 16.3. The van der Waals surface area contributed by atoms with Crippen LogP contribution < -0.4 is 0 Å². The number of hydrogen-bond acceptors (Lipinski definition) is 3. The van der Waals surface area contributed by atoms with E-state index in [0.29, 0.717) is 6.54 Å². The summed E-state index contributed by atoms with van der Waals surface area (Å²) >= 11 is 0. The second-order valence-corrected chi connectivity index (χ2v) is 5.98. The number of aliphatic hydroxyl groups excluding tert-OH is 1. The summed E-state index contributed by atoms with van der Waals surface area (Å²) in [7, 11) is 0. The molecular formula is C17H26N2O2. The number of carbonyl (C=O) groups is 1. The predicted molar refractivity (Wildman–Crippen MR) is 84.2 cm³/mol. The van der Waals surface area contributed by atoms with Gasteiger partial charge in [0, 0.05) is 38.6 Å². The molecule has 4 nitrogen and oxygen atoms in total. The predicted octanol–water partition coefficient (Wildman–Crippen LogP) is 1.31. The average Bonchev–Trinajstić information content (AvgIpc) is 2.50. The summed E-state index contributed by atoms with van der Waals surface area (Å²) in [6.45, 7) is 8.27. The van der Waals surface area contributed by atoms with Crippen molar-refractivity contribution < 1.29 is 9.90 Å². The lowest BCUT2D eigenvalue weighted by molar-refractivity contribution is -0.136. The molecule has 116 valence electrons. The van der Waals surface area contributed by atoms with Crippen LogP contribution in [0.25, 0.3) is 0 Å². The van der Waals surface area contributed by atoms with Crippen molar-refractivity contribution >= 4 is 5.91 Å². The van der Waals surface area contributed by atoms with Gasteiger partial charge in [-0.1, -0.05) is 36.8 Å². The maximum Gasteiger partial charge on any atom is 0.225 e. The molecule has 0 radical (unpaired) electrons. The summed E-state index contributed by atoms with van der Waals surface area (Å²) in [4.78, 5) is 16.7. The van der Waals surface area contributed by atoms with Crippen molar-refractivity contribution in [1.29, 1.82) is 0 Å². The number of hydrogen-bond donors (Lipinski definition) is 1. The SMILES string of the molecule is Cc1ccc(CC(C)C(=O)N2CCN(CCO)CC2)cc1. The third kappa shape index (κ3) is 4.55. The normalized spacial score (nSPS) is 17.8. The third-order valence-electron chi connectivity index (χ3n) is 4.18. The molecule has 1 aromatic rings. The van der Waals surface area contributed by atoms with Crippen LogP contribution in [0.2, 0.25) is 0 Å². The van der Waals surface area contributed by atoms with E-state index in [1.807, 2.05) is 11.8 Å². The molecule has 1 amide bonds. The maximum atomic E-state index is 12.5. The Kier molecular flexibility index (Phi) is 5.76. The second-order valence-electron chi connectivity index (χ2n) is 5.98. The van der Waals surface area contributed by atoms with E-state index in [1.165, 1.54) is 11.1 Å². The zero-order valence-electron chi connectivity index (χ0n) is 13.1. The fraction of sp³-hybridized carbons (Fsp3) is 0.588. The first-order chi connectivity index (χ1) is 10.1. The topological polar surface area (TPSA) is 43.8 Å². The molecule has 4 heteroatoms. The molecule has 1 aliphatic rings. The molecule has 0 saturated carbocycles. The van der Waals surface area contributed by atoms with Gasteiger partial charge in [0.1, 0.15) is 0 Å². The zero-order chi connectivity index (χ0) is 15.2. The van der Waals surface area contributed by atoms with E-state index in [9.17, 15) is 4.79 Å². The van der Waals surface area contributed by atoms with Crippen molar-refractivity contribution in [3.8, 4) is 0 Å². The molecule has 1 N–H and O–H groups in total. The standard InChI is InChI=1S/C17H26N2O2/c1-14-3-5-16(6-4-14)13-15(2)17(21)19-9-7-18(8-10-19)11-12-20/h3-6,15,20H,7-13H2,1-2H3. The minimum atomic E-state index is 0.0251. The number of carbonyl (C=O) groups excluding carboxylic acids is 1. The van der Waals surface area contributed by atoms with Gasteiger partial charge < -0.3 is 10.0 Å². The first kappa shape index (κ1) is 16.0. The molecule has 21 heavy (non-hydrogen) atoms. The highest BCUT2D eigenvalue weighted by Gasteiger charge is 2.24. The molecule has 1 aliphatic heterocycles. The molecular weight excluding hydrogens is 264 g/mol. The molecule has 1 aromatic carbocycles. The van der Waals surface area contributed by atoms with Gasteiger partial charge in [0.25, 0.3) is 0 Å². The average molecular weight is 290 g/mol. The van der Waals surface area contributed by atoms with E-state index >= 15 is 0 Å². The number of amides is 1. The van der Waals surface area contributed by atoms with Crippen molar-refractivity contribution in [2.45, 2.75) is 20.3 Å². The fourth-order valence-electron chi connectivity index (χ4n) is 2.81. The lowest BCUT2D eigenvalue weighted by Gasteiger charge is -2.35. The number of aliphatic hydroxyl groups is 1. The van der Waals surface area contributed by atoms with E-state index in [4.69, 9.17) is 5.11 Å². The van der Waals surface area contributed by atoms with Crippen molar-refractivity contribution in [2.75, 3.05) is 39.3 Å². The summed E-state index contributed by atoms with van der Waals surface area (Å²) in [5.41, 5.74) is 2.47. The molecule has 0 aliphatic carbocycles. The largest absolute Gasteiger partial charge is 0.395 e. The summed E-state index contributed by atoms with van der Waals surface area (Å²) in [5, 5.41) is 8.94. The third-order valence-corrected chi connectivity index (χ3v) is 4.18. The van der Waals surface area contributed by atoms with E-state index in [2.05, 4.69) is 36.1 Å². The highest BCUT2D eigenvalue weighted by molar-refractivity contribution is 5.79. The van der Waals surface area contributed by atoms with Gasteiger partial charge in [-0.15, -0.1) is 0 Å². The van der Waals surface area contributed by atoms with Crippen LogP contribution in [0.5, 0.6) is 0 Å². The van der Waals surface area contributed by atoms with E-state index in [1.54, 1.807) is 0 Å². The first-order valence-electron chi connectivity index (χ1n) is 7.77. The number of piperazine rings is 1. The molecule has 0 bridgehead atoms. The van der Waals surface area contributed by atoms with Gasteiger partial charge >= 0.3 is 0 Å². The Labute approximate surface area is 127 Å². The molecule has 0 aromatic heterocycles. The van der Waals surface area contributed by atoms with Gasteiger partial charge in [0.05, 0.1) is 6.61 Å². The second kappa shape index (κ2) is 7.57. The van der Waals surface area contributed by atoms with Crippen molar-refractivity contribution in [1.82, 2.24) is 9.80 Å². The van der Waals surface area contributed by atoms with Crippen LogP contribution in [-0.2, 0) is 11.2 Å². The molecule has 1 fully saturated rings. The molecule has 1 saturated heterocycles. The Bertz CT molecular complexity index is 450. The van der Waals surface area contributed by atoms with Gasteiger partial charge in [-0.25, -0.2) is 0 Å². The molecule has 0 spiro atoms. The van der Waals surface area contributed by atoms with E-state index < -0.39 is 0 Å². The van der Waals surface area contributed by atoms with Crippen LogP contribution >= 0.6 is 0 Å². The first-order valence-corrected chi connectivity index (χ1v) is 7.77. The monoisotopic (exact) mass is 290 g/mol. The molecule has 1 atom stereocenters. The summed E-state index contributed by atoms with van der Waals surface area (Å²) in [6.07, 6.45) is 0.802. The van der Waals surface area contributed by atoms with E-state index in [-0.39, 0.29) is 18.4 Å². The summed E-state index contributed by atoms with van der Waals surface area (Å²) in [5.74, 6) is 0.274. The Morgan fingerprint density at radius 1 is 1.19 bits per heavy atom. The minimum absolute atomic E-state index is 0.0251. The number of β-amino-alcohol motifs (C(OH)–C–C–N with tert-alkyl or cyclic N) is 1. The van der Waals surface area contributed by atoms with Crippen molar-refractivity contribution in [2.24, 2.45) is 5.92 Å². The van der Waals surface area contributed by atoms with Crippen LogP contribution in [0.3, 0.4) is 0 Å². The van der Waals surface area contributed by atoms with Gasteiger partial charge in [0.15, 0.2) is 0 Å². The Morgan fingerprint density at radius 2 is 1.81 bits per heavy atom. The lowest BCUT2D eigenvalue weighted by Crippen LogP contribution is -2.50. The Hall–Kier alpha value is -1.39. The van der Waals surface area contributed by atoms with Crippen LogP contribution in [0.1, 0.15) is 18.1 Å². The highest BCUT2D eigenvalue weighted by Crippen LogP contribution is 2.14. The summed E-state index contributed by atoms with van der Waals surface area (Å²) in [6, 6.07) is 8.41. The van der Waals surface area contributed by atoms with Gasteiger partial charge in [-0.2, -0.15) is 0 Å². The van der Waals surface area contributed by atoms with Crippen molar-refractivity contribution in [3.05, 3.63) is 35.4 Å². The fourth-order valence-corrected chi connectivity index (χ4v) is 2.81. The van der Waals surface area contributed by atoms with Crippen molar-refractivity contribution in [3.63, 3.8) is 0 Å². The Balaban J connectivity index is 1.84. The number of aryl methyl sites for hydroxylation is 1. The molecule has 1 heterocycles. The smallest absolute Gasteiger partial charge is 0.225 e. The van der Waals surface area contributed by atoms with Crippen LogP contribution in [0, 0.1) is 12.8 Å². The quantitative estimate of drug-likeness (QED) is 0.889. The number of benzene rings is 1. The maximum absolute atomic E-state index is 12.5. The van der Waals surface area contributed by atoms with Gasteiger partial charge in [-0.3, -0.25) is 9.69 Å².